The van der Waals surface area contributed by atoms with Gasteiger partial charge in [-0.25, -0.2) is 4.98 Å². The van der Waals surface area contributed by atoms with E-state index in [9.17, 15) is 5.11 Å². The third-order valence-electron chi connectivity index (χ3n) is 3.07. The first-order valence-corrected chi connectivity index (χ1v) is 6.68. The first-order valence-electron chi connectivity index (χ1n) is 6.68. The monoisotopic (exact) mass is 274 g/mol. The highest BCUT2D eigenvalue weighted by Gasteiger charge is 2.09. The molecule has 0 fully saturated rings. The Labute approximate surface area is 123 Å². The Morgan fingerprint density at radius 3 is 2.33 bits per heavy atom. The van der Waals surface area contributed by atoms with E-state index in [-0.39, 0.29) is 0 Å². The average Bonchev–Trinajstić information content (AvgIpc) is 3.04. The molecular formula is C18H14N2O. The molecule has 1 heterocycles. The van der Waals surface area contributed by atoms with Gasteiger partial charge in [0, 0.05) is 5.56 Å². The van der Waals surface area contributed by atoms with Crippen molar-refractivity contribution in [2.24, 2.45) is 0 Å². The molecule has 21 heavy (non-hydrogen) atoms. The molecular weight excluding hydrogens is 260 g/mol. The van der Waals surface area contributed by atoms with E-state index in [2.05, 4.69) is 21.8 Å². The van der Waals surface area contributed by atoms with Crippen molar-refractivity contribution in [2.45, 2.75) is 6.10 Å². The molecule has 3 rings (SSSR count). The molecule has 1 unspecified atom stereocenters. The van der Waals surface area contributed by atoms with Crippen LogP contribution in [-0.4, -0.2) is 15.1 Å². The highest BCUT2D eigenvalue weighted by atomic mass is 16.3. The lowest BCUT2D eigenvalue weighted by molar-refractivity contribution is 0.229. The number of aliphatic hydroxyl groups is 1. The predicted molar refractivity (Wildman–Crippen MR) is 82.3 cm³/mol. The molecule has 0 amide bonds. The summed E-state index contributed by atoms with van der Waals surface area (Å²) in [4.78, 5) is 7.30. The molecule has 2 aromatic carbocycles. The summed E-state index contributed by atoms with van der Waals surface area (Å²) in [6.07, 6.45) is 0.778. The summed E-state index contributed by atoms with van der Waals surface area (Å²) in [6, 6.07) is 19.4. The van der Waals surface area contributed by atoms with Crippen molar-refractivity contribution >= 4 is 0 Å². The van der Waals surface area contributed by atoms with Crippen molar-refractivity contribution in [3.05, 3.63) is 78.2 Å². The number of hydrogen-bond donors (Lipinski definition) is 2. The van der Waals surface area contributed by atoms with Gasteiger partial charge in [0.25, 0.3) is 0 Å². The zero-order valence-corrected chi connectivity index (χ0v) is 11.3. The fraction of sp³-hybridized carbons (Fsp3) is 0.0556. The summed E-state index contributed by atoms with van der Waals surface area (Å²) in [5, 5.41) is 10.1. The second-order valence-corrected chi connectivity index (χ2v) is 4.59. The number of imidazole rings is 1. The minimum Gasteiger partial charge on any atom is -0.373 e. The maximum Gasteiger partial charge on any atom is 0.172 e. The summed E-state index contributed by atoms with van der Waals surface area (Å²) >= 11 is 0. The Hall–Kier alpha value is -2.83. The molecule has 1 atom stereocenters. The van der Waals surface area contributed by atoms with Crippen LogP contribution in [0.15, 0.2) is 66.9 Å². The van der Waals surface area contributed by atoms with Gasteiger partial charge in [0.15, 0.2) is 6.10 Å². The van der Waals surface area contributed by atoms with Crippen LogP contribution in [0.5, 0.6) is 0 Å². The van der Waals surface area contributed by atoms with Gasteiger partial charge in [-0.3, -0.25) is 0 Å². The van der Waals surface area contributed by atoms with E-state index < -0.39 is 6.10 Å². The number of benzene rings is 2. The summed E-state index contributed by atoms with van der Waals surface area (Å²) in [5.74, 6) is 6.18. The number of rotatable bonds is 2. The summed E-state index contributed by atoms with van der Waals surface area (Å²) in [5.41, 5.74) is 2.76. The van der Waals surface area contributed by atoms with Gasteiger partial charge in [-0.05, 0) is 17.7 Å². The topological polar surface area (TPSA) is 48.9 Å². The second kappa shape index (κ2) is 6.08. The fourth-order valence-electron chi connectivity index (χ4n) is 1.98. The van der Waals surface area contributed by atoms with Crippen molar-refractivity contribution in [3.8, 4) is 23.1 Å². The molecule has 0 bridgehead atoms. The van der Waals surface area contributed by atoms with Crippen LogP contribution in [-0.2, 0) is 0 Å². The van der Waals surface area contributed by atoms with E-state index in [1.807, 2.05) is 60.7 Å². The van der Waals surface area contributed by atoms with Crippen LogP contribution >= 0.6 is 0 Å². The maximum absolute atomic E-state index is 10.1. The minimum absolute atomic E-state index is 0.456. The SMILES string of the molecule is OC(C#Cc1ccccc1)c1ncc(-c2ccccc2)[nH]1. The number of nitrogens with one attached hydrogen (secondary N) is 1. The van der Waals surface area contributed by atoms with Crippen LogP contribution in [0, 0.1) is 11.8 Å². The van der Waals surface area contributed by atoms with Crippen LogP contribution in [0.2, 0.25) is 0 Å². The molecule has 1 aromatic heterocycles. The molecule has 0 saturated heterocycles. The molecule has 3 aromatic rings. The highest BCUT2D eigenvalue weighted by Crippen LogP contribution is 2.18. The van der Waals surface area contributed by atoms with Crippen LogP contribution in [0.4, 0.5) is 0 Å². The van der Waals surface area contributed by atoms with E-state index in [0.717, 1.165) is 16.8 Å². The van der Waals surface area contributed by atoms with Crippen molar-refractivity contribution in [2.75, 3.05) is 0 Å². The molecule has 0 spiro atoms. The van der Waals surface area contributed by atoms with Gasteiger partial charge in [-0.1, -0.05) is 60.4 Å². The van der Waals surface area contributed by atoms with Crippen molar-refractivity contribution in [1.82, 2.24) is 9.97 Å². The minimum atomic E-state index is -0.928. The van der Waals surface area contributed by atoms with Gasteiger partial charge in [0.2, 0.25) is 0 Å². The van der Waals surface area contributed by atoms with Gasteiger partial charge in [-0.15, -0.1) is 0 Å². The number of aliphatic hydroxyl groups excluding tert-OH is 1. The smallest absolute Gasteiger partial charge is 0.172 e. The lowest BCUT2D eigenvalue weighted by Gasteiger charge is -1.99. The third-order valence-corrected chi connectivity index (χ3v) is 3.07. The van der Waals surface area contributed by atoms with E-state index in [1.165, 1.54) is 0 Å². The standard InChI is InChI=1S/C18H14N2O/c21-17(12-11-14-7-3-1-4-8-14)18-19-13-16(20-18)15-9-5-2-6-10-15/h1-10,13,17,21H,(H,19,20). The molecule has 0 aliphatic rings. The molecule has 0 saturated carbocycles. The molecule has 0 radical (unpaired) electrons. The van der Waals surface area contributed by atoms with E-state index in [1.54, 1.807) is 6.20 Å². The largest absolute Gasteiger partial charge is 0.373 e. The summed E-state index contributed by atoms with van der Waals surface area (Å²) < 4.78 is 0. The molecule has 3 heteroatoms. The van der Waals surface area contributed by atoms with Crippen molar-refractivity contribution in [1.29, 1.82) is 0 Å². The Morgan fingerprint density at radius 2 is 1.62 bits per heavy atom. The van der Waals surface area contributed by atoms with Gasteiger partial charge < -0.3 is 10.1 Å². The van der Waals surface area contributed by atoms with Crippen LogP contribution < -0.4 is 0 Å². The lowest BCUT2D eigenvalue weighted by Crippen LogP contribution is -1.96. The number of aromatic amines is 1. The maximum atomic E-state index is 10.1. The van der Waals surface area contributed by atoms with Gasteiger partial charge >= 0.3 is 0 Å². The summed E-state index contributed by atoms with van der Waals surface area (Å²) in [7, 11) is 0. The lowest BCUT2D eigenvalue weighted by atomic mass is 10.2. The zero-order valence-electron chi connectivity index (χ0n) is 11.3. The first-order chi connectivity index (χ1) is 10.3. The normalized spacial score (nSPS) is 11.5. The van der Waals surface area contributed by atoms with Gasteiger partial charge in [-0.2, -0.15) is 0 Å². The molecule has 0 aliphatic carbocycles. The Bertz CT molecular complexity index is 767. The van der Waals surface area contributed by atoms with Gasteiger partial charge in [0.05, 0.1) is 11.9 Å². The van der Waals surface area contributed by atoms with Crippen LogP contribution in [0.3, 0.4) is 0 Å². The van der Waals surface area contributed by atoms with E-state index >= 15 is 0 Å². The van der Waals surface area contributed by atoms with Crippen molar-refractivity contribution in [3.63, 3.8) is 0 Å². The van der Waals surface area contributed by atoms with E-state index in [0.29, 0.717) is 5.82 Å². The number of aromatic nitrogens is 2. The van der Waals surface area contributed by atoms with Crippen LogP contribution in [0.1, 0.15) is 17.5 Å². The molecule has 0 aliphatic heterocycles. The van der Waals surface area contributed by atoms with Crippen LogP contribution in [0.25, 0.3) is 11.3 Å². The zero-order chi connectivity index (χ0) is 14.5. The average molecular weight is 274 g/mol. The highest BCUT2D eigenvalue weighted by molar-refractivity contribution is 5.58. The Kier molecular flexibility index (Phi) is 3.81. The third kappa shape index (κ3) is 3.19. The first kappa shape index (κ1) is 13.2. The quantitative estimate of drug-likeness (QED) is 0.705. The number of H-pyrrole nitrogens is 1. The van der Waals surface area contributed by atoms with Gasteiger partial charge in [0.1, 0.15) is 5.82 Å². The molecule has 102 valence electrons. The van der Waals surface area contributed by atoms with Crippen molar-refractivity contribution < 1.29 is 5.11 Å². The summed E-state index contributed by atoms with van der Waals surface area (Å²) in [6.45, 7) is 0. The Morgan fingerprint density at radius 1 is 0.952 bits per heavy atom. The number of hydrogen-bond acceptors (Lipinski definition) is 2. The van der Waals surface area contributed by atoms with E-state index in [4.69, 9.17) is 0 Å². The second-order valence-electron chi connectivity index (χ2n) is 4.59. The molecule has 3 nitrogen and oxygen atoms in total. The molecule has 2 N–H and O–H groups in total. The Balaban J connectivity index is 1.79. The predicted octanol–water partition coefficient (Wildman–Crippen LogP) is 3.16. The number of nitrogens with zero attached hydrogens (tertiary/aromatic N) is 1. The fourth-order valence-corrected chi connectivity index (χ4v) is 1.98.